The molecule has 0 bridgehead atoms. The van der Waals surface area contributed by atoms with Crippen LogP contribution in [0, 0.1) is 16.0 Å². The Kier molecular flexibility index (Phi) is 5.05. The summed E-state index contributed by atoms with van der Waals surface area (Å²) in [6.07, 6.45) is 1.12. The molecule has 0 aliphatic carbocycles. The zero-order valence-corrected chi connectivity index (χ0v) is 11.2. The first-order chi connectivity index (χ1) is 8.81. The van der Waals surface area contributed by atoms with Crippen molar-refractivity contribution in [2.45, 2.75) is 26.3 Å². The molecule has 1 unspecified atom stereocenters. The Bertz CT molecular complexity index is 493. The van der Waals surface area contributed by atoms with Crippen LogP contribution in [0.15, 0.2) is 12.3 Å². The van der Waals surface area contributed by atoms with E-state index in [1.54, 1.807) is 0 Å². The summed E-state index contributed by atoms with van der Waals surface area (Å²) in [4.78, 5) is 24.9. The van der Waals surface area contributed by atoms with Crippen LogP contribution in [0.5, 0.6) is 0 Å². The van der Waals surface area contributed by atoms with Gasteiger partial charge in [-0.05, 0) is 5.92 Å². The van der Waals surface area contributed by atoms with E-state index in [0.717, 1.165) is 0 Å². The predicted molar refractivity (Wildman–Crippen MR) is 70.4 cm³/mol. The smallest absolute Gasteiger partial charge is 0.312 e. The summed E-state index contributed by atoms with van der Waals surface area (Å²) in [5, 5.41) is 22.7. The molecule has 1 aromatic heterocycles. The molecule has 0 radical (unpaired) electrons. The van der Waals surface area contributed by atoms with Crippen molar-refractivity contribution in [2.75, 3.05) is 5.32 Å². The van der Waals surface area contributed by atoms with Crippen molar-refractivity contribution in [3.63, 3.8) is 0 Å². The van der Waals surface area contributed by atoms with Gasteiger partial charge < -0.3 is 10.4 Å². The van der Waals surface area contributed by atoms with Crippen molar-refractivity contribution in [3.8, 4) is 0 Å². The lowest BCUT2D eigenvalue weighted by molar-refractivity contribution is -0.384. The molecule has 0 aromatic carbocycles. The number of rotatable bonds is 6. The summed E-state index contributed by atoms with van der Waals surface area (Å²) >= 11 is 5.66. The highest BCUT2D eigenvalue weighted by atomic mass is 35.5. The molecule has 0 fully saturated rings. The Hall–Kier alpha value is -1.89. The third-order valence-electron chi connectivity index (χ3n) is 2.55. The third-order valence-corrected chi connectivity index (χ3v) is 2.76. The van der Waals surface area contributed by atoms with Crippen LogP contribution in [0.3, 0.4) is 0 Å². The zero-order valence-electron chi connectivity index (χ0n) is 10.5. The lowest BCUT2D eigenvalue weighted by Crippen LogP contribution is -2.29. The molecule has 19 heavy (non-hydrogen) atoms. The Labute approximate surface area is 114 Å². The molecule has 1 aromatic rings. The Balaban J connectivity index is 3.02. The fourth-order valence-corrected chi connectivity index (χ4v) is 1.65. The quantitative estimate of drug-likeness (QED) is 0.615. The molecule has 104 valence electrons. The standard InChI is InChI=1S/C11H14ClN3O4/c1-6(2)8(4-10(16)17)14-11-9(15(18)19)3-7(12)5-13-11/h3,5-6,8H,4H2,1-2H3,(H,13,14)(H,16,17). The average molecular weight is 288 g/mol. The number of carbonyl (C=O) groups is 1. The van der Waals surface area contributed by atoms with Gasteiger partial charge in [0.25, 0.3) is 0 Å². The van der Waals surface area contributed by atoms with Gasteiger partial charge in [0.1, 0.15) is 0 Å². The average Bonchev–Trinajstić information content (AvgIpc) is 2.29. The van der Waals surface area contributed by atoms with Crippen molar-refractivity contribution < 1.29 is 14.8 Å². The Morgan fingerprint density at radius 1 is 1.63 bits per heavy atom. The summed E-state index contributed by atoms with van der Waals surface area (Å²) in [6, 6.07) is 0.722. The number of anilines is 1. The third kappa shape index (κ3) is 4.36. The number of pyridine rings is 1. The summed E-state index contributed by atoms with van der Waals surface area (Å²) in [7, 11) is 0. The van der Waals surface area contributed by atoms with Crippen LogP contribution in [0.25, 0.3) is 0 Å². The minimum absolute atomic E-state index is 0.0202. The Morgan fingerprint density at radius 3 is 2.74 bits per heavy atom. The normalized spacial score (nSPS) is 12.2. The molecule has 0 saturated carbocycles. The van der Waals surface area contributed by atoms with E-state index >= 15 is 0 Å². The molecule has 1 rings (SSSR count). The van der Waals surface area contributed by atoms with Crippen LogP contribution in [-0.4, -0.2) is 27.0 Å². The highest BCUT2D eigenvalue weighted by molar-refractivity contribution is 6.30. The molecular formula is C11H14ClN3O4. The minimum atomic E-state index is -0.984. The number of hydrogen-bond donors (Lipinski definition) is 2. The van der Waals surface area contributed by atoms with Gasteiger partial charge in [-0.25, -0.2) is 4.98 Å². The van der Waals surface area contributed by atoms with E-state index in [-0.39, 0.29) is 28.9 Å². The number of nitrogens with one attached hydrogen (secondary N) is 1. The number of halogens is 1. The summed E-state index contributed by atoms with van der Waals surface area (Å²) in [5.74, 6) is -0.981. The highest BCUT2D eigenvalue weighted by Gasteiger charge is 2.23. The molecule has 2 N–H and O–H groups in total. The fraction of sp³-hybridized carbons (Fsp3) is 0.455. The SMILES string of the molecule is CC(C)C(CC(=O)O)Nc1ncc(Cl)cc1[N+](=O)[O-]. The van der Waals surface area contributed by atoms with Crippen molar-refractivity contribution in [3.05, 3.63) is 27.4 Å². The molecule has 0 amide bonds. The first kappa shape index (κ1) is 15.2. The Morgan fingerprint density at radius 2 is 2.26 bits per heavy atom. The van der Waals surface area contributed by atoms with E-state index in [1.165, 1.54) is 12.3 Å². The lowest BCUT2D eigenvalue weighted by atomic mass is 10.0. The monoisotopic (exact) mass is 287 g/mol. The number of nitro groups is 1. The number of carboxylic acid groups (broad SMARTS) is 1. The second-order valence-corrected chi connectivity index (χ2v) is 4.81. The van der Waals surface area contributed by atoms with Crippen molar-refractivity contribution in [1.29, 1.82) is 0 Å². The lowest BCUT2D eigenvalue weighted by Gasteiger charge is -2.20. The van der Waals surface area contributed by atoms with Crippen LogP contribution in [0.1, 0.15) is 20.3 Å². The van der Waals surface area contributed by atoms with Crippen molar-refractivity contribution in [2.24, 2.45) is 5.92 Å². The first-order valence-electron chi connectivity index (χ1n) is 5.59. The molecular weight excluding hydrogens is 274 g/mol. The van der Waals surface area contributed by atoms with E-state index in [0.29, 0.717) is 0 Å². The maximum Gasteiger partial charge on any atom is 0.312 e. The van der Waals surface area contributed by atoms with Crippen LogP contribution in [-0.2, 0) is 4.79 Å². The maximum atomic E-state index is 10.9. The largest absolute Gasteiger partial charge is 0.481 e. The molecule has 0 saturated heterocycles. The summed E-state index contributed by atoms with van der Waals surface area (Å²) in [5.41, 5.74) is -0.275. The van der Waals surface area contributed by atoms with Gasteiger partial charge in [0.15, 0.2) is 0 Å². The second-order valence-electron chi connectivity index (χ2n) is 4.37. The zero-order chi connectivity index (χ0) is 14.6. The van der Waals surface area contributed by atoms with Gasteiger partial charge in [0, 0.05) is 18.3 Å². The van der Waals surface area contributed by atoms with Gasteiger partial charge in [0.2, 0.25) is 5.82 Å². The molecule has 7 nitrogen and oxygen atoms in total. The number of aliphatic carboxylic acids is 1. The fourth-order valence-electron chi connectivity index (χ4n) is 1.50. The van der Waals surface area contributed by atoms with E-state index in [4.69, 9.17) is 16.7 Å². The predicted octanol–water partition coefficient (Wildman–Crippen LogP) is 2.55. The molecule has 0 spiro atoms. The van der Waals surface area contributed by atoms with E-state index in [1.807, 2.05) is 13.8 Å². The van der Waals surface area contributed by atoms with Gasteiger partial charge in [-0.15, -0.1) is 0 Å². The highest BCUT2D eigenvalue weighted by Crippen LogP contribution is 2.27. The number of carboxylic acids is 1. The van der Waals surface area contributed by atoms with Gasteiger partial charge in [-0.3, -0.25) is 14.9 Å². The van der Waals surface area contributed by atoms with Crippen molar-refractivity contribution >= 4 is 29.1 Å². The van der Waals surface area contributed by atoms with Crippen LogP contribution >= 0.6 is 11.6 Å². The van der Waals surface area contributed by atoms with E-state index in [2.05, 4.69) is 10.3 Å². The number of hydrogen-bond acceptors (Lipinski definition) is 5. The van der Waals surface area contributed by atoms with Gasteiger partial charge in [-0.1, -0.05) is 25.4 Å². The van der Waals surface area contributed by atoms with Crippen LogP contribution < -0.4 is 5.32 Å². The first-order valence-corrected chi connectivity index (χ1v) is 5.97. The van der Waals surface area contributed by atoms with Crippen molar-refractivity contribution in [1.82, 2.24) is 4.98 Å². The van der Waals surface area contributed by atoms with E-state index in [9.17, 15) is 14.9 Å². The molecule has 8 heteroatoms. The summed E-state index contributed by atoms with van der Waals surface area (Å²) < 4.78 is 0. The molecule has 0 aliphatic heterocycles. The number of nitrogens with zero attached hydrogens (tertiary/aromatic N) is 2. The molecule has 1 atom stereocenters. The minimum Gasteiger partial charge on any atom is -0.481 e. The molecule has 0 aliphatic rings. The van der Waals surface area contributed by atoms with Gasteiger partial charge in [-0.2, -0.15) is 0 Å². The molecule has 1 heterocycles. The number of aromatic nitrogens is 1. The van der Waals surface area contributed by atoms with Crippen LogP contribution in [0.2, 0.25) is 5.02 Å². The second kappa shape index (κ2) is 6.33. The van der Waals surface area contributed by atoms with E-state index < -0.39 is 16.9 Å². The van der Waals surface area contributed by atoms with Crippen LogP contribution in [0.4, 0.5) is 11.5 Å². The summed E-state index contributed by atoms with van der Waals surface area (Å²) in [6.45, 7) is 3.64. The maximum absolute atomic E-state index is 10.9. The van der Waals surface area contributed by atoms with Gasteiger partial charge >= 0.3 is 11.7 Å². The topological polar surface area (TPSA) is 105 Å². The van der Waals surface area contributed by atoms with Gasteiger partial charge in [0.05, 0.1) is 16.4 Å².